The number of nitrogens with zero attached hydrogens (tertiary/aromatic N) is 2. The molecule has 1 fully saturated rings. The summed E-state index contributed by atoms with van der Waals surface area (Å²) in [6.07, 6.45) is 0. The van der Waals surface area contributed by atoms with Crippen LogP contribution in [0.3, 0.4) is 0 Å². The van der Waals surface area contributed by atoms with Crippen molar-refractivity contribution < 1.29 is 14.3 Å². The van der Waals surface area contributed by atoms with Crippen molar-refractivity contribution in [3.8, 4) is 5.75 Å². The largest absolute Gasteiger partial charge is 0.497 e. The van der Waals surface area contributed by atoms with E-state index in [4.69, 9.17) is 4.74 Å². The number of benzene rings is 3. The van der Waals surface area contributed by atoms with Gasteiger partial charge in [0, 0.05) is 7.05 Å². The van der Waals surface area contributed by atoms with Crippen LogP contribution in [0.5, 0.6) is 5.75 Å². The van der Waals surface area contributed by atoms with Crippen LogP contribution in [0.25, 0.3) is 10.8 Å². The number of urea groups is 1. The van der Waals surface area contributed by atoms with Crippen LogP contribution in [0.1, 0.15) is 36.9 Å². The Hall–Kier alpha value is -3.34. The van der Waals surface area contributed by atoms with Gasteiger partial charge in [-0.05, 0) is 47.9 Å². The lowest BCUT2D eigenvalue weighted by molar-refractivity contribution is -0.130. The molecule has 5 heteroatoms. The van der Waals surface area contributed by atoms with Crippen LogP contribution in [0, 0.1) is 0 Å². The van der Waals surface area contributed by atoms with E-state index in [1.807, 2.05) is 80.6 Å². The van der Waals surface area contributed by atoms with Crippen LogP contribution in [0.15, 0.2) is 66.7 Å². The highest BCUT2D eigenvalue weighted by Gasteiger charge is 2.46. The van der Waals surface area contributed by atoms with E-state index in [1.165, 1.54) is 4.90 Å². The summed E-state index contributed by atoms with van der Waals surface area (Å²) in [5, 5.41) is 2.08. The molecular formula is C25H26N2O3. The van der Waals surface area contributed by atoms with Gasteiger partial charge in [0.1, 0.15) is 5.75 Å². The topological polar surface area (TPSA) is 49.9 Å². The van der Waals surface area contributed by atoms with Crippen molar-refractivity contribution in [2.24, 2.45) is 0 Å². The SMILES string of the molecule is COc1ccc2cc([C@H](C)C(=O)N3C(=O)N(C)[C@H](C)[C@@H]3c3ccccc3)ccc2c1. The summed E-state index contributed by atoms with van der Waals surface area (Å²) >= 11 is 0. The van der Waals surface area contributed by atoms with E-state index >= 15 is 0 Å². The molecule has 0 unspecified atom stereocenters. The first-order valence-electron chi connectivity index (χ1n) is 10.1. The van der Waals surface area contributed by atoms with Crippen molar-refractivity contribution in [2.45, 2.75) is 31.8 Å². The lowest BCUT2D eigenvalue weighted by Crippen LogP contribution is -2.38. The lowest BCUT2D eigenvalue weighted by atomic mass is 9.94. The molecular weight excluding hydrogens is 376 g/mol. The predicted molar refractivity (Wildman–Crippen MR) is 118 cm³/mol. The van der Waals surface area contributed by atoms with Gasteiger partial charge in [0.05, 0.1) is 25.1 Å². The summed E-state index contributed by atoms with van der Waals surface area (Å²) in [6, 6.07) is 20.9. The van der Waals surface area contributed by atoms with Gasteiger partial charge in [-0.15, -0.1) is 0 Å². The van der Waals surface area contributed by atoms with E-state index < -0.39 is 5.92 Å². The Kier molecular flexibility index (Phi) is 5.20. The maximum atomic E-state index is 13.5. The number of methoxy groups -OCH3 is 1. The summed E-state index contributed by atoms with van der Waals surface area (Å²) in [6.45, 7) is 3.85. The Balaban J connectivity index is 1.68. The minimum atomic E-state index is -0.439. The molecule has 0 radical (unpaired) electrons. The summed E-state index contributed by atoms with van der Waals surface area (Å²) in [5.41, 5.74) is 1.85. The Labute approximate surface area is 176 Å². The maximum Gasteiger partial charge on any atom is 0.327 e. The quantitative estimate of drug-likeness (QED) is 0.619. The number of likely N-dealkylation sites (N-methyl/N-ethyl adjacent to an activating group) is 1. The zero-order valence-electron chi connectivity index (χ0n) is 17.7. The molecule has 3 amide bonds. The zero-order valence-corrected chi connectivity index (χ0v) is 17.7. The molecule has 30 heavy (non-hydrogen) atoms. The molecule has 5 nitrogen and oxygen atoms in total. The van der Waals surface area contributed by atoms with Crippen molar-refractivity contribution in [2.75, 3.05) is 14.2 Å². The number of carbonyl (C=O) groups excluding carboxylic acids is 2. The van der Waals surface area contributed by atoms with Gasteiger partial charge in [0.15, 0.2) is 0 Å². The maximum absolute atomic E-state index is 13.5. The Morgan fingerprint density at radius 2 is 1.67 bits per heavy atom. The number of carbonyl (C=O) groups is 2. The number of amides is 3. The van der Waals surface area contributed by atoms with Crippen molar-refractivity contribution >= 4 is 22.7 Å². The Bertz CT molecular complexity index is 1100. The summed E-state index contributed by atoms with van der Waals surface area (Å²) < 4.78 is 5.29. The summed E-state index contributed by atoms with van der Waals surface area (Å²) in [7, 11) is 3.40. The first-order valence-corrected chi connectivity index (χ1v) is 10.1. The molecule has 0 spiro atoms. The second-order valence-electron chi connectivity index (χ2n) is 7.89. The van der Waals surface area contributed by atoms with E-state index in [2.05, 4.69) is 0 Å². The van der Waals surface area contributed by atoms with Crippen LogP contribution >= 0.6 is 0 Å². The number of hydrogen-bond acceptors (Lipinski definition) is 3. The van der Waals surface area contributed by atoms with E-state index in [9.17, 15) is 9.59 Å². The van der Waals surface area contributed by atoms with Gasteiger partial charge in [0.2, 0.25) is 5.91 Å². The molecule has 1 saturated heterocycles. The molecule has 4 rings (SSSR count). The fourth-order valence-electron chi connectivity index (χ4n) is 4.19. The van der Waals surface area contributed by atoms with Crippen LogP contribution in [-0.4, -0.2) is 41.9 Å². The molecule has 1 aliphatic heterocycles. The fourth-order valence-corrected chi connectivity index (χ4v) is 4.19. The third-order valence-corrected chi connectivity index (χ3v) is 6.17. The summed E-state index contributed by atoms with van der Waals surface area (Å²) in [5.74, 6) is 0.174. The van der Waals surface area contributed by atoms with Gasteiger partial charge in [-0.25, -0.2) is 4.79 Å². The lowest BCUT2D eigenvalue weighted by Gasteiger charge is -2.26. The van der Waals surface area contributed by atoms with Gasteiger partial charge in [-0.2, -0.15) is 0 Å². The predicted octanol–water partition coefficient (Wildman–Crippen LogP) is 4.98. The first kappa shape index (κ1) is 20.0. The molecule has 0 bridgehead atoms. The molecule has 0 saturated carbocycles. The molecule has 154 valence electrons. The first-order chi connectivity index (χ1) is 14.4. The van der Waals surface area contributed by atoms with Gasteiger partial charge in [-0.3, -0.25) is 9.69 Å². The number of imide groups is 1. The average molecular weight is 402 g/mol. The molecule has 3 aromatic rings. The van der Waals surface area contributed by atoms with Crippen LogP contribution < -0.4 is 4.74 Å². The number of ether oxygens (including phenoxy) is 1. The fraction of sp³-hybridized carbons (Fsp3) is 0.280. The molecule has 3 aromatic carbocycles. The zero-order chi connectivity index (χ0) is 21.4. The number of rotatable bonds is 4. The van der Waals surface area contributed by atoms with Gasteiger partial charge >= 0.3 is 6.03 Å². The van der Waals surface area contributed by atoms with E-state index in [0.717, 1.165) is 27.6 Å². The van der Waals surface area contributed by atoms with Crippen LogP contribution in [-0.2, 0) is 4.79 Å². The number of fused-ring (bicyclic) bond motifs is 1. The van der Waals surface area contributed by atoms with Crippen LogP contribution in [0.4, 0.5) is 4.79 Å². The third kappa shape index (κ3) is 3.30. The minimum Gasteiger partial charge on any atom is -0.497 e. The second kappa shape index (κ2) is 7.82. The van der Waals surface area contributed by atoms with Crippen molar-refractivity contribution in [1.29, 1.82) is 0 Å². The van der Waals surface area contributed by atoms with Gasteiger partial charge in [0.25, 0.3) is 0 Å². The molecule has 0 aliphatic carbocycles. The normalized spacial score (nSPS) is 19.9. The standard InChI is InChI=1S/C25H26N2O3/c1-16(19-10-11-21-15-22(30-4)13-12-20(21)14-19)24(28)27-23(17(2)26(3)25(27)29)18-8-6-5-7-9-18/h5-17,23H,1-4H3/t16-,17+,23+/m0/s1. The summed E-state index contributed by atoms with van der Waals surface area (Å²) in [4.78, 5) is 29.6. The highest BCUT2D eigenvalue weighted by atomic mass is 16.5. The monoisotopic (exact) mass is 402 g/mol. The smallest absolute Gasteiger partial charge is 0.327 e. The average Bonchev–Trinajstić information content (AvgIpc) is 3.01. The Morgan fingerprint density at radius 1 is 1.00 bits per heavy atom. The van der Waals surface area contributed by atoms with Crippen molar-refractivity contribution in [1.82, 2.24) is 9.80 Å². The molecule has 0 N–H and O–H groups in total. The van der Waals surface area contributed by atoms with Crippen molar-refractivity contribution in [3.05, 3.63) is 77.9 Å². The van der Waals surface area contributed by atoms with Gasteiger partial charge < -0.3 is 9.64 Å². The molecule has 3 atom stereocenters. The molecule has 0 aromatic heterocycles. The second-order valence-corrected chi connectivity index (χ2v) is 7.89. The third-order valence-electron chi connectivity index (χ3n) is 6.17. The number of hydrogen-bond donors (Lipinski definition) is 0. The highest BCUT2D eigenvalue weighted by molar-refractivity contribution is 6.00. The van der Waals surface area contributed by atoms with E-state index in [0.29, 0.717) is 0 Å². The molecule has 1 aliphatic rings. The molecule has 1 heterocycles. The van der Waals surface area contributed by atoms with Crippen LogP contribution in [0.2, 0.25) is 0 Å². The highest BCUT2D eigenvalue weighted by Crippen LogP contribution is 2.37. The van der Waals surface area contributed by atoms with E-state index in [-0.39, 0.29) is 24.0 Å². The van der Waals surface area contributed by atoms with E-state index in [1.54, 1.807) is 19.1 Å². The van der Waals surface area contributed by atoms with Gasteiger partial charge in [-0.1, -0.05) is 54.6 Å². The minimum absolute atomic E-state index is 0.0971. The van der Waals surface area contributed by atoms with Crippen molar-refractivity contribution in [3.63, 3.8) is 0 Å². The Morgan fingerprint density at radius 3 is 2.37 bits per heavy atom.